The normalized spacial score (nSPS) is 18.7. The molecule has 0 unspecified atom stereocenters. The maximum Gasteiger partial charge on any atom is 0.130 e. The number of hydrogen-bond donors (Lipinski definition) is 0. The third kappa shape index (κ3) is 1.65. The van der Waals surface area contributed by atoms with Crippen LogP contribution in [0.5, 0.6) is 5.75 Å². The zero-order valence-electron chi connectivity index (χ0n) is 9.03. The van der Waals surface area contributed by atoms with Gasteiger partial charge >= 0.3 is 0 Å². The fourth-order valence-electron chi connectivity index (χ4n) is 2.51. The molecule has 0 spiro atoms. The maximum absolute atomic E-state index is 11.3. The van der Waals surface area contributed by atoms with E-state index in [1.54, 1.807) is 7.11 Å². The van der Waals surface area contributed by atoms with Crippen LogP contribution in [0, 0.1) is 0 Å². The Balaban J connectivity index is 2.46. The second-order valence-corrected chi connectivity index (χ2v) is 4.18. The summed E-state index contributed by atoms with van der Waals surface area (Å²) in [6.45, 7) is 0. The van der Waals surface area contributed by atoms with E-state index in [9.17, 15) is 4.79 Å². The van der Waals surface area contributed by atoms with Gasteiger partial charge in [0.2, 0.25) is 0 Å². The largest absolute Gasteiger partial charge is 0.496 e. The number of rotatable bonds is 3. The van der Waals surface area contributed by atoms with Crippen LogP contribution in [0.4, 0.5) is 0 Å². The van der Waals surface area contributed by atoms with E-state index in [-0.39, 0.29) is 5.41 Å². The molecular weight excluding hydrogens is 188 g/mol. The number of ether oxygens (including phenoxy) is 1. The number of benzene rings is 1. The van der Waals surface area contributed by atoms with Gasteiger partial charge in [-0.1, -0.05) is 31.0 Å². The van der Waals surface area contributed by atoms with E-state index < -0.39 is 0 Å². The van der Waals surface area contributed by atoms with E-state index in [0.717, 1.165) is 43.3 Å². The molecule has 1 saturated carbocycles. The average Bonchev–Trinajstić information content (AvgIpc) is 2.79. The van der Waals surface area contributed by atoms with Crippen LogP contribution in [0.1, 0.15) is 31.2 Å². The fraction of sp³-hybridized carbons (Fsp3) is 0.462. The minimum absolute atomic E-state index is 0.285. The zero-order valence-corrected chi connectivity index (χ0v) is 9.03. The standard InChI is InChI=1S/C13H16O2/c1-15-12-7-3-2-6-11(12)13(10-14)8-4-5-9-13/h2-3,6-7,10H,4-5,8-9H2,1H3. The molecule has 0 radical (unpaired) electrons. The second-order valence-electron chi connectivity index (χ2n) is 4.18. The first kappa shape index (κ1) is 10.2. The van der Waals surface area contributed by atoms with Crippen molar-refractivity contribution in [1.82, 2.24) is 0 Å². The molecule has 1 aromatic rings. The maximum atomic E-state index is 11.3. The summed E-state index contributed by atoms with van der Waals surface area (Å²) in [5, 5.41) is 0. The number of hydrogen-bond acceptors (Lipinski definition) is 2. The third-order valence-electron chi connectivity index (χ3n) is 3.36. The third-order valence-corrected chi connectivity index (χ3v) is 3.36. The summed E-state index contributed by atoms with van der Waals surface area (Å²) in [6.07, 6.45) is 5.29. The van der Waals surface area contributed by atoms with Gasteiger partial charge in [-0.2, -0.15) is 0 Å². The smallest absolute Gasteiger partial charge is 0.130 e. The lowest BCUT2D eigenvalue weighted by Gasteiger charge is -2.24. The van der Waals surface area contributed by atoms with Crippen molar-refractivity contribution in [2.45, 2.75) is 31.1 Å². The summed E-state index contributed by atoms with van der Waals surface area (Å²) in [7, 11) is 1.66. The van der Waals surface area contributed by atoms with E-state index in [4.69, 9.17) is 4.74 Å². The second kappa shape index (κ2) is 4.05. The lowest BCUT2D eigenvalue weighted by atomic mass is 9.80. The van der Waals surface area contributed by atoms with Gasteiger partial charge in [-0.3, -0.25) is 0 Å². The molecule has 0 aliphatic heterocycles. The van der Waals surface area contributed by atoms with Gasteiger partial charge in [0, 0.05) is 5.56 Å². The molecule has 2 rings (SSSR count). The fourth-order valence-corrected chi connectivity index (χ4v) is 2.51. The van der Waals surface area contributed by atoms with Gasteiger partial charge in [-0.05, 0) is 18.9 Å². The van der Waals surface area contributed by atoms with Crippen molar-refractivity contribution in [2.75, 3.05) is 7.11 Å². The van der Waals surface area contributed by atoms with Gasteiger partial charge in [0.15, 0.2) is 0 Å². The number of para-hydroxylation sites is 1. The number of aldehydes is 1. The van der Waals surface area contributed by atoms with Crippen LogP contribution in [0.2, 0.25) is 0 Å². The van der Waals surface area contributed by atoms with Crippen LogP contribution in [0.15, 0.2) is 24.3 Å². The molecular formula is C13H16O2. The predicted octanol–water partition coefficient (Wildman–Crippen LogP) is 2.71. The molecule has 0 atom stereocenters. The van der Waals surface area contributed by atoms with Crippen LogP contribution in [0.3, 0.4) is 0 Å². The molecule has 0 N–H and O–H groups in total. The van der Waals surface area contributed by atoms with Gasteiger partial charge in [-0.15, -0.1) is 0 Å². The molecule has 1 aliphatic rings. The van der Waals surface area contributed by atoms with E-state index in [1.807, 2.05) is 24.3 Å². The molecule has 1 aliphatic carbocycles. The SMILES string of the molecule is COc1ccccc1C1(C=O)CCCC1. The Morgan fingerprint density at radius 2 is 1.93 bits per heavy atom. The highest BCUT2D eigenvalue weighted by molar-refractivity contribution is 5.71. The van der Waals surface area contributed by atoms with Crippen molar-refractivity contribution in [3.05, 3.63) is 29.8 Å². The minimum Gasteiger partial charge on any atom is -0.496 e. The summed E-state index contributed by atoms with van der Waals surface area (Å²) >= 11 is 0. The van der Waals surface area contributed by atoms with Gasteiger partial charge in [0.05, 0.1) is 12.5 Å². The van der Waals surface area contributed by atoms with E-state index in [1.165, 1.54) is 0 Å². The van der Waals surface area contributed by atoms with Crippen LogP contribution in [-0.4, -0.2) is 13.4 Å². The van der Waals surface area contributed by atoms with E-state index in [0.29, 0.717) is 0 Å². The lowest BCUT2D eigenvalue weighted by molar-refractivity contribution is -0.112. The highest BCUT2D eigenvalue weighted by Crippen LogP contribution is 2.42. The molecule has 1 aromatic carbocycles. The first-order valence-corrected chi connectivity index (χ1v) is 5.42. The highest BCUT2D eigenvalue weighted by Gasteiger charge is 2.37. The molecule has 0 bridgehead atoms. The summed E-state index contributed by atoms with van der Waals surface area (Å²) in [4.78, 5) is 11.3. The van der Waals surface area contributed by atoms with Gasteiger partial charge in [-0.25, -0.2) is 0 Å². The van der Waals surface area contributed by atoms with Gasteiger partial charge < -0.3 is 9.53 Å². The van der Waals surface area contributed by atoms with Crippen LogP contribution in [0.25, 0.3) is 0 Å². The van der Waals surface area contributed by atoms with Crippen LogP contribution in [-0.2, 0) is 10.2 Å². The minimum atomic E-state index is -0.285. The molecule has 0 aromatic heterocycles. The molecule has 15 heavy (non-hydrogen) atoms. The van der Waals surface area contributed by atoms with Gasteiger partial charge in [0.25, 0.3) is 0 Å². The Hall–Kier alpha value is -1.31. The van der Waals surface area contributed by atoms with Crippen molar-refractivity contribution < 1.29 is 9.53 Å². The molecule has 2 heteroatoms. The Kier molecular flexibility index (Phi) is 2.76. The highest BCUT2D eigenvalue weighted by atomic mass is 16.5. The van der Waals surface area contributed by atoms with Crippen molar-refractivity contribution in [2.24, 2.45) is 0 Å². The Labute approximate surface area is 90.3 Å². The van der Waals surface area contributed by atoms with E-state index in [2.05, 4.69) is 0 Å². The summed E-state index contributed by atoms with van der Waals surface area (Å²) in [6, 6.07) is 7.86. The summed E-state index contributed by atoms with van der Waals surface area (Å²) in [5.41, 5.74) is 0.770. The van der Waals surface area contributed by atoms with E-state index >= 15 is 0 Å². The number of methoxy groups -OCH3 is 1. The van der Waals surface area contributed by atoms with Gasteiger partial charge in [0.1, 0.15) is 12.0 Å². The van der Waals surface area contributed by atoms with Crippen LogP contribution >= 0.6 is 0 Å². The predicted molar refractivity (Wildman–Crippen MR) is 59.2 cm³/mol. The molecule has 2 nitrogen and oxygen atoms in total. The summed E-state index contributed by atoms with van der Waals surface area (Å²) in [5.74, 6) is 0.839. The van der Waals surface area contributed by atoms with Crippen molar-refractivity contribution >= 4 is 6.29 Å². The zero-order chi connectivity index (χ0) is 10.7. The molecule has 0 amide bonds. The lowest BCUT2D eigenvalue weighted by Crippen LogP contribution is -2.24. The molecule has 80 valence electrons. The average molecular weight is 204 g/mol. The number of carbonyl (C=O) groups is 1. The van der Waals surface area contributed by atoms with Crippen LogP contribution < -0.4 is 4.74 Å². The Morgan fingerprint density at radius 3 is 2.53 bits per heavy atom. The van der Waals surface area contributed by atoms with Crippen molar-refractivity contribution in [1.29, 1.82) is 0 Å². The Bertz CT molecular complexity index is 351. The number of carbonyl (C=O) groups excluding carboxylic acids is 1. The Morgan fingerprint density at radius 1 is 1.27 bits per heavy atom. The molecule has 0 heterocycles. The first-order valence-electron chi connectivity index (χ1n) is 5.42. The topological polar surface area (TPSA) is 26.3 Å². The first-order chi connectivity index (χ1) is 7.32. The molecule has 1 fully saturated rings. The quantitative estimate of drug-likeness (QED) is 0.707. The summed E-state index contributed by atoms with van der Waals surface area (Å²) < 4.78 is 5.33. The van der Waals surface area contributed by atoms with Crippen molar-refractivity contribution in [3.63, 3.8) is 0 Å². The monoisotopic (exact) mass is 204 g/mol. The van der Waals surface area contributed by atoms with Crippen molar-refractivity contribution in [3.8, 4) is 5.75 Å². The molecule has 0 saturated heterocycles.